The van der Waals surface area contributed by atoms with E-state index in [9.17, 15) is 0 Å². The highest BCUT2D eigenvalue weighted by Gasteiger charge is 2.53. The summed E-state index contributed by atoms with van der Waals surface area (Å²) in [6, 6.07) is 77.7. The molecule has 9 aromatic carbocycles. The fourth-order valence-electron chi connectivity index (χ4n) is 11.6. The zero-order chi connectivity index (χ0) is 38.9. The van der Waals surface area contributed by atoms with Crippen molar-refractivity contribution in [1.82, 2.24) is 0 Å². The molecule has 0 heterocycles. The van der Waals surface area contributed by atoms with Gasteiger partial charge in [-0.25, -0.2) is 0 Å². The van der Waals surface area contributed by atoms with Crippen LogP contribution in [0.15, 0.2) is 211 Å². The molecule has 9 aromatic rings. The topological polar surface area (TPSA) is 3.24 Å². The lowest BCUT2D eigenvalue weighted by atomic mass is 9.70. The van der Waals surface area contributed by atoms with E-state index in [1.807, 2.05) is 0 Å². The van der Waals surface area contributed by atoms with E-state index in [4.69, 9.17) is 0 Å². The Kier molecular flexibility index (Phi) is 6.84. The summed E-state index contributed by atoms with van der Waals surface area (Å²) in [4.78, 5) is 2.55. The molecule has 4 aliphatic rings. The molecule has 0 aromatic heterocycles. The second kappa shape index (κ2) is 12.1. The van der Waals surface area contributed by atoms with E-state index in [1.165, 1.54) is 106 Å². The van der Waals surface area contributed by atoms with Gasteiger partial charge in [-0.15, -0.1) is 0 Å². The number of anilines is 2. The van der Waals surface area contributed by atoms with Gasteiger partial charge >= 0.3 is 0 Å². The van der Waals surface area contributed by atoms with Gasteiger partial charge in [0, 0.05) is 22.4 Å². The number of benzene rings is 9. The molecule has 2 heteroatoms. The van der Waals surface area contributed by atoms with Gasteiger partial charge in [-0.05, 0) is 125 Å². The Morgan fingerprint density at radius 1 is 0.305 bits per heavy atom. The lowest BCUT2D eigenvalue weighted by Gasteiger charge is -2.33. The van der Waals surface area contributed by atoms with Gasteiger partial charge in [0.25, 0.3) is 0 Å². The Bertz CT molecular complexity index is 2920. The largest absolute Gasteiger partial charge is 0.337 e. The van der Waals surface area contributed by atoms with Crippen LogP contribution >= 0.6 is 15.9 Å². The first-order valence-electron chi connectivity index (χ1n) is 20.6. The molecule has 0 saturated heterocycles. The highest BCUT2D eigenvalue weighted by atomic mass is 79.9. The fraction of sp³-hybridized carbons (Fsp3) is 0.0526. The number of hydrogen-bond acceptors (Lipinski definition) is 1. The van der Waals surface area contributed by atoms with Crippen molar-refractivity contribution in [1.29, 1.82) is 0 Å². The zero-order valence-electron chi connectivity index (χ0n) is 32.2. The van der Waals surface area contributed by atoms with Gasteiger partial charge in [0.05, 0.1) is 10.8 Å². The van der Waals surface area contributed by atoms with Crippen LogP contribution in [0.3, 0.4) is 0 Å². The second-order valence-electron chi connectivity index (χ2n) is 16.4. The van der Waals surface area contributed by atoms with Gasteiger partial charge in [-0.2, -0.15) is 0 Å². The minimum absolute atomic E-state index is 0.422. The van der Waals surface area contributed by atoms with Gasteiger partial charge in [-0.1, -0.05) is 192 Å². The summed E-state index contributed by atoms with van der Waals surface area (Å²) in [5.41, 5.74) is 24.1. The van der Waals surface area contributed by atoms with Crippen molar-refractivity contribution in [3.63, 3.8) is 0 Å². The molecular weight excluding hydrogens is 779 g/mol. The van der Waals surface area contributed by atoms with Crippen LogP contribution in [0.2, 0.25) is 0 Å². The van der Waals surface area contributed by atoms with E-state index < -0.39 is 10.8 Å². The number of hydrogen-bond donors (Lipinski definition) is 0. The first kappa shape index (κ1) is 33.3. The third-order valence-corrected chi connectivity index (χ3v) is 14.6. The van der Waals surface area contributed by atoms with Crippen LogP contribution in [0.4, 0.5) is 11.4 Å². The predicted octanol–water partition coefficient (Wildman–Crippen LogP) is 14.5. The Balaban J connectivity index is 1.07. The van der Waals surface area contributed by atoms with Crippen LogP contribution < -0.4 is 4.90 Å². The molecule has 0 atom stereocenters. The quantitative estimate of drug-likeness (QED) is 0.171. The summed E-state index contributed by atoms with van der Waals surface area (Å²) < 4.78 is 1.11. The number of nitrogens with zero attached hydrogens (tertiary/aromatic N) is 1. The van der Waals surface area contributed by atoms with Crippen molar-refractivity contribution < 1.29 is 0 Å². The SMILES string of the molecule is Brc1ccccc1CN(c1ccc2c(c1)C1(c3ccccc3-c3ccccc31)c1ccccc1-2)c1ccc2c(c1)C1(c3ccccc3-c3ccccc31)c1ccccc1-2. The summed E-state index contributed by atoms with van der Waals surface area (Å²) in [7, 11) is 0. The van der Waals surface area contributed by atoms with Crippen molar-refractivity contribution in [2.75, 3.05) is 4.90 Å². The van der Waals surface area contributed by atoms with Crippen molar-refractivity contribution in [2.45, 2.75) is 17.4 Å². The monoisotopic (exact) mass is 813 g/mol. The first-order chi connectivity index (χ1) is 29.2. The van der Waals surface area contributed by atoms with Gasteiger partial charge in [0.15, 0.2) is 0 Å². The molecule has 59 heavy (non-hydrogen) atoms. The Labute approximate surface area is 353 Å². The number of rotatable bonds is 4. The molecular formula is C57H36BrN. The molecule has 0 unspecified atom stereocenters. The maximum Gasteiger partial charge on any atom is 0.0726 e. The third-order valence-electron chi connectivity index (χ3n) is 13.9. The highest BCUT2D eigenvalue weighted by molar-refractivity contribution is 9.10. The second-order valence-corrected chi connectivity index (χ2v) is 17.3. The molecule has 4 aliphatic carbocycles. The lowest BCUT2D eigenvalue weighted by molar-refractivity contribution is 0.790. The average molecular weight is 815 g/mol. The molecule has 0 radical (unpaired) electrons. The van der Waals surface area contributed by atoms with Crippen LogP contribution in [0.5, 0.6) is 0 Å². The Morgan fingerprint density at radius 3 is 0.932 bits per heavy atom. The summed E-state index contributed by atoms with van der Waals surface area (Å²) in [6.07, 6.45) is 0. The first-order valence-corrected chi connectivity index (χ1v) is 21.4. The van der Waals surface area contributed by atoms with Crippen molar-refractivity contribution in [2.24, 2.45) is 0 Å². The van der Waals surface area contributed by atoms with Gasteiger partial charge in [-0.3, -0.25) is 0 Å². The predicted molar refractivity (Wildman–Crippen MR) is 245 cm³/mol. The highest BCUT2D eigenvalue weighted by Crippen LogP contribution is 2.65. The summed E-state index contributed by atoms with van der Waals surface area (Å²) in [5, 5.41) is 0. The Hall–Kier alpha value is -6.74. The van der Waals surface area contributed by atoms with E-state index >= 15 is 0 Å². The van der Waals surface area contributed by atoms with E-state index in [0.717, 1.165) is 4.47 Å². The van der Waals surface area contributed by atoms with Gasteiger partial charge in [0.1, 0.15) is 0 Å². The number of fused-ring (bicyclic) bond motifs is 20. The van der Waals surface area contributed by atoms with E-state index in [2.05, 4.69) is 227 Å². The minimum atomic E-state index is -0.422. The maximum atomic E-state index is 3.95. The maximum absolute atomic E-state index is 3.95. The Morgan fingerprint density at radius 2 is 0.593 bits per heavy atom. The molecule has 13 rings (SSSR count). The van der Waals surface area contributed by atoms with Gasteiger partial charge in [0.2, 0.25) is 0 Å². The molecule has 2 spiro atoms. The average Bonchev–Trinajstić information content (AvgIpc) is 3.97. The molecule has 0 fully saturated rings. The van der Waals surface area contributed by atoms with Crippen molar-refractivity contribution in [3.8, 4) is 44.5 Å². The molecule has 0 bridgehead atoms. The molecule has 0 amide bonds. The van der Waals surface area contributed by atoms with E-state index in [0.29, 0.717) is 6.54 Å². The molecule has 0 aliphatic heterocycles. The lowest BCUT2D eigenvalue weighted by Crippen LogP contribution is -2.27. The fourth-order valence-corrected chi connectivity index (χ4v) is 12.0. The van der Waals surface area contributed by atoms with Crippen LogP contribution in [-0.2, 0) is 17.4 Å². The summed E-state index contributed by atoms with van der Waals surface area (Å²) in [6.45, 7) is 0.694. The standard InChI is InChI=1S/C57H36BrN/c58-55-28-14-1-15-36(55)35-59(37-29-31-45-43-20-6-12-26-51(43)56(53(45)33-37)47-22-8-2-16-39(47)40-17-3-9-23-48(40)56)38-30-32-46-44-21-7-13-27-52(44)57(54(46)34-38)49-24-10-4-18-41(49)42-19-5-11-25-50(42)57/h1-34H,35H2. The van der Waals surface area contributed by atoms with E-state index in [1.54, 1.807) is 0 Å². The molecule has 276 valence electrons. The van der Waals surface area contributed by atoms with Crippen LogP contribution in [0, 0.1) is 0 Å². The molecule has 1 nitrogen and oxygen atoms in total. The van der Waals surface area contributed by atoms with Crippen molar-refractivity contribution in [3.05, 3.63) is 261 Å². The van der Waals surface area contributed by atoms with Crippen LogP contribution in [0.1, 0.15) is 50.1 Å². The summed E-state index contributed by atoms with van der Waals surface area (Å²) >= 11 is 3.95. The molecule has 0 saturated carbocycles. The van der Waals surface area contributed by atoms with Crippen LogP contribution in [-0.4, -0.2) is 0 Å². The van der Waals surface area contributed by atoms with Crippen LogP contribution in [0.25, 0.3) is 44.5 Å². The van der Waals surface area contributed by atoms with E-state index in [-0.39, 0.29) is 0 Å². The smallest absolute Gasteiger partial charge is 0.0726 e. The molecule has 0 N–H and O–H groups in total. The summed E-state index contributed by atoms with van der Waals surface area (Å²) in [5.74, 6) is 0. The zero-order valence-corrected chi connectivity index (χ0v) is 33.7. The van der Waals surface area contributed by atoms with Gasteiger partial charge < -0.3 is 4.90 Å². The normalized spacial score (nSPS) is 14.5. The third kappa shape index (κ3) is 4.19. The number of halogens is 1. The van der Waals surface area contributed by atoms with Crippen molar-refractivity contribution >= 4 is 27.3 Å². The minimum Gasteiger partial charge on any atom is -0.337 e.